The summed E-state index contributed by atoms with van der Waals surface area (Å²) in [5.74, 6) is -0.0365. The zero-order chi connectivity index (χ0) is 13.1. The van der Waals surface area contributed by atoms with Crippen molar-refractivity contribution in [2.45, 2.75) is 19.6 Å². The Labute approximate surface area is 105 Å². The largest absolute Gasteiger partial charge is 0.487 e. The number of aliphatic hydroxyl groups excluding tert-OH is 1. The summed E-state index contributed by atoms with van der Waals surface area (Å²) in [5.41, 5.74) is 1.44. The standard InChI is InChI=1S/C13H15FN2O2/c1-9(17)12-4-3-10(14)5-13(12)18-7-11-6-15-8-16(11)2/h3-6,8-9,17H,7H2,1-2H3/t9-/m0/s1. The summed E-state index contributed by atoms with van der Waals surface area (Å²) >= 11 is 0. The van der Waals surface area contributed by atoms with Crippen LogP contribution in [0.25, 0.3) is 0 Å². The second-order valence-corrected chi connectivity index (χ2v) is 4.14. The minimum absolute atomic E-state index is 0.277. The topological polar surface area (TPSA) is 47.3 Å². The van der Waals surface area contributed by atoms with Gasteiger partial charge in [-0.3, -0.25) is 0 Å². The molecule has 0 aliphatic rings. The van der Waals surface area contributed by atoms with Crippen LogP contribution < -0.4 is 4.74 Å². The second kappa shape index (κ2) is 5.18. The number of imidazole rings is 1. The molecule has 0 fully saturated rings. The van der Waals surface area contributed by atoms with Crippen LogP contribution in [0.1, 0.15) is 24.3 Å². The highest BCUT2D eigenvalue weighted by atomic mass is 19.1. The molecular weight excluding hydrogens is 235 g/mol. The van der Waals surface area contributed by atoms with Gasteiger partial charge < -0.3 is 14.4 Å². The average Bonchev–Trinajstić information content (AvgIpc) is 2.72. The fourth-order valence-corrected chi connectivity index (χ4v) is 1.65. The molecule has 1 heterocycles. The number of rotatable bonds is 4. The van der Waals surface area contributed by atoms with Gasteiger partial charge in [-0.1, -0.05) is 0 Å². The Morgan fingerprint density at radius 2 is 2.28 bits per heavy atom. The van der Waals surface area contributed by atoms with E-state index in [4.69, 9.17) is 4.74 Å². The Bertz CT molecular complexity index is 538. The summed E-state index contributed by atoms with van der Waals surface area (Å²) in [6, 6.07) is 4.11. The van der Waals surface area contributed by atoms with Crippen molar-refractivity contribution in [2.24, 2.45) is 7.05 Å². The molecule has 1 aromatic heterocycles. The van der Waals surface area contributed by atoms with Crippen molar-refractivity contribution >= 4 is 0 Å². The first kappa shape index (κ1) is 12.6. The molecule has 5 heteroatoms. The molecule has 2 rings (SSSR count). The van der Waals surface area contributed by atoms with Crippen LogP contribution in [-0.4, -0.2) is 14.7 Å². The lowest BCUT2D eigenvalue weighted by molar-refractivity contribution is 0.189. The smallest absolute Gasteiger partial charge is 0.130 e. The van der Waals surface area contributed by atoms with Crippen LogP contribution in [0.15, 0.2) is 30.7 Å². The van der Waals surface area contributed by atoms with E-state index in [0.29, 0.717) is 11.3 Å². The summed E-state index contributed by atoms with van der Waals surface area (Å²) in [4.78, 5) is 3.97. The van der Waals surface area contributed by atoms with E-state index in [9.17, 15) is 9.50 Å². The molecular formula is C13H15FN2O2. The van der Waals surface area contributed by atoms with E-state index in [1.807, 2.05) is 11.6 Å². The number of aliphatic hydroxyl groups is 1. The Hall–Kier alpha value is -1.88. The van der Waals surface area contributed by atoms with Gasteiger partial charge in [0.05, 0.1) is 24.3 Å². The fourth-order valence-electron chi connectivity index (χ4n) is 1.65. The Kier molecular flexibility index (Phi) is 3.62. The van der Waals surface area contributed by atoms with Crippen LogP contribution >= 0.6 is 0 Å². The molecule has 0 radical (unpaired) electrons. The molecule has 0 saturated heterocycles. The summed E-state index contributed by atoms with van der Waals surface area (Å²) in [7, 11) is 1.85. The normalized spacial score (nSPS) is 12.4. The Morgan fingerprint density at radius 1 is 1.50 bits per heavy atom. The molecule has 1 atom stereocenters. The maximum atomic E-state index is 13.2. The van der Waals surface area contributed by atoms with Gasteiger partial charge in [0.25, 0.3) is 0 Å². The zero-order valence-electron chi connectivity index (χ0n) is 10.3. The highest BCUT2D eigenvalue weighted by molar-refractivity contribution is 5.35. The van der Waals surface area contributed by atoms with Crippen LogP contribution in [0.2, 0.25) is 0 Å². The van der Waals surface area contributed by atoms with E-state index in [0.717, 1.165) is 5.69 Å². The zero-order valence-corrected chi connectivity index (χ0v) is 10.3. The molecule has 0 aliphatic carbocycles. The third-order valence-corrected chi connectivity index (χ3v) is 2.72. The molecule has 1 N–H and O–H groups in total. The number of aryl methyl sites for hydroxylation is 1. The lowest BCUT2D eigenvalue weighted by atomic mass is 10.1. The minimum atomic E-state index is -0.702. The maximum Gasteiger partial charge on any atom is 0.130 e. The van der Waals surface area contributed by atoms with Crippen LogP contribution in [0, 0.1) is 5.82 Å². The second-order valence-electron chi connectivity index (χ2n) is 4.14. The third kappa shape index (κ3) is 2.68. The van der Waals surface area contributed by atoms with E-state index < -0.39 is 6.10 Å². The summed E-state index contributed by atoms with van der Waals surface area (Å²) in [5, 5.41) is 9.59. The number of halogens is 1. The summed E-state index contributed by atoms with van der Waals surface area (Å²) in [6.45, 7) is 1.89. The van der Waals surface area contributed by atoms with Gasteiger partial charge in [0.1, 0.15) is 18.2 Å². The average molecular weight is 250 g/mol. The van der Waals surface area contributed by atoms with Gasteiger partial charge in [-0.15, -0.1) is 0 Å². The van der Waals surface area contributed by atoms with Gasteiger partial charge in [-0.25, -0.2) is 9.37 Å². The molecule has 0 bridgehead atoms. The van der Waals surface area contributed by atoms with Crippen molar-refractivity contribution in [1.29, 1.82) is 0 Å². The molecule has 4 nitrogen and oxygen atoms in total. The molecule has 0 spiro atoms. The molecule has 0 amide bonds. The van der Waals surface area contributed by atoms with Gasteiger partial charge in [0, 0.05) is 18.7 Å². The van der Waals surface area contributed by atoms with Gasteiger partial charge in [-0.05, 0) is 19.1 Å². The molecule has 96 valence electrons. The van der Waals surface area contributed by atoms with E-state index in [1.165, 1.54) is 18.2 Å². The minimum Gasteiger partial charge on any atom is -0.487 e. The number of hydrogen-bond acceptors (Lipinski definition) is 3. The monoisotopic (exact) mass is 250 g/mol. The summed E-state index contributed by atoms with van der Waals surface area (Å²) in [6.07, 6.45) is 2.65. The van der Waals surface area contributed by atoms with Crippen molar-refractivity contribution < 1.29 is 14.2 Å². The number of hydrogen-bond donors (Lipinski definition) is 1. The first-order valence-corrected chi connectivity index (χ1v) is 5.63. The van der Waals surface area contributed by atoms with Crippen molar-refractivity contribution in [3.05, 3.63) is 47.8 Å². The van der Waals surface area contributed by atoms with Crippen LogP contribution in [0.4, 0.5) is 4.39 Å². The molecule has 1 aromatic carbocycles. The predicted molar refractivity (Wildman–Crippen MR) is 64.6 cm³/mol. The first-order valence-electron chi connectivity index (χ1n) is 5.63. The van der Waals surface area contributed by atoms with Crippen LogP contribution in [-0.2, 0) is 13.7 Å². The Morgan fingerprint density at radius 3 is 2.89 bits per heavy atom. The fraction of sp³-hybridized carbons (Fsp3) is 0.308. The van der Waals surface area contributed by atoms with E-state index >= 15 is 0 Å². The SMILES string of the molecule is C[C@H](O)c1ccc(F)cc1OCc1cncn1C. The van der Waals surface area contributed by atoms with Crippen LogP contribution in [0.5, 0.6) is 5.75 Å². The number of ether oxygens (including phenoxy) is 1. The molecule has 2 aromatic rings. The lowest BCUT2D eigenvalue weighted by Crippen LogP contribution is -2.04. The number of benzene rings is 1. The number of aromatic nitrogens is 2. The number of nitrogens with zero attached hydrogens (tertiary/aromatic N) is 2. The van der Waals surface area contributed by atoms with Crippen molar-refractivity contribution in [1.82, 2.24) is 9.55 Å². The molecule has 0 aliphatic heterocycles. The van der Waals surface area contributed by atoms with E-state index in [1.54, 1.807) is 19.4 Å². The van der Waals surface area contributed by atoms with Crippen molar-refractivity contribution in [3.8, 4) is 5.75 Å². The van der Waals surface area contributed by atoms with E-state index in [2.05, 4.69) is 4.98 Å². The van der Waals surface area contributed by atoms with Gasteiger partial charge >= 0.3 is 0 Å². The van der Waals surface area contributed by atoms with Gasteiger partial charge in [0.15, 0.2) is 0 Å². The van der Waals surface area contributed by atoms with E-state index in [-0.39, 0.29) is 12.4 Å². The van der Waals surface area contributed by atoms with Crippen molar-refractivity contribution in [2.75, 3.05) is 0 Å². The molecule has 18 heavy (non-hydrogen) atoms. The summed E-state index contributed by atoms with van der Waals surface area (Å²) < 4.78 is 20.5. The predicted octanol–water partition coefficient (Wildman–Crippen LogP) is 2.19. The third-order valence-electron chi connectivity index (χ3n) is 2.72. The lowest BCUT2D eigenvalue weighted by Gasteiger charge is -2.13. The van der Waals surface area contributed by atoms with Gasteiger partial charge in [0.2, 0.25) is 0 Å². The van der Waals surface area contributed by atoms with Gasteiger partial charge in [-0.2, -0.15) is 0 Å². The highest BCUT2D eigenvalue weighted by Gasteiger charge is 2.11. The van der Waals surface area contributed by atoms with Crippen LogP contribution in [0.3, 0.4) is 0 Å². The quantitative estimate of drug-likeness (QED) is 0.904. The molecule has 0 unspecified atom stereocenters. The molecule has 0 saturated carbocycles. The first-order chi connectivity index (χ1) is 8.58. The maximum absolute atomic E-state index is 13.2. The Balaban J connectivity index is 2.18. The highest BCUT2D eigenvalue weighted by Crippen LogP contribution is 2.26. The van der Waals surface area contributed by atoms with Crippen molar-refractivity contribution in [3.63, 3.8) is 0 Å².